The molecule has 0 aromatic heterocycles. The molecule has 0 aliphatic rings. The van der Waals surface area contributed by atoms with E-state index in [2.05, 4.69) is 5.09 Å². The number of ether oxygens (including phenoxy) is 2. The second-order valence-electron chi connectivity index (χ2n) is 4.42. The molecule has 20 heavy (non-hydrogen) atoms. The summed E-state index contributed by atoms with van der Waals surface area (Å²) in [6.45, 7) is 5.07. The van der Waals surface area contributed by atoms with Crippen molar-refractivity contribution in [3.8, 4) is 11.5 Å². The van der Waals surface area contributed by atoms with Crippen LogP contribution in [-0.2, 0) is 14.1 Å². The van der Waals surface area contributed by atoms with Crippen LogP contribution in [-0.4, -0.2) is 25.2 Å². The minimum Gasteiger partial charge on any atom is -0.497 e. The van der Waals surface area contributed by atoms with Crippen molar-refractivity contribution in [2.24, 2.45) is 0 Å². The lowest BCUT2D eigenvalue weighted by Gasteiger charge is -2.15. The van der Waals surface area contributed by atoms with Gasteiger partial charge in [-0.1, -0.05) is 6.07 Å². The molecule has 1 rings (SSSR count). The Morgan fingerprint density at radius 3 is 2.50 bits per heavy atom. The molecule has 1 aromatic carbocycles. The van der Waals surface area contributed by atoms with Gasteiger partial charge in [0.1, 0.15) is 17.5 Å². The predicted molar refractivity (Wildman–Crippen MR) is 76.4 cm³/mol. The van der Waals surface area contributed by atoms with E-state index in [1.807, 2.05) is 0 Å². The van der Waals surface area contributed by atoms with Crippen molar-refractivity contribution in [2.45, 2.75) is 32.9 Å². The Bertz CT molecular complexity index is 478. The lowest BCUT2D eigenvalue weighted by atomic mass is 10.3. The largest absolute Gasteiger partial charge is 0.497 e. The van der Waals surface area contributed by atoms with Gasteiger partial charge in [0.15, 0.2) is 0 Å². The van der Waals surface area contributed by atoms with Gasteiger partial charge in [-0.25, -0.2) is 5.09 Å². The molecule has 112 valence electrons. The molecule has 0 amide bonds. The Hall–Kier alpha value is -1.52. The second-order valence-corrected chi connectivity index (χ2v) is 5.49. The molecule has 0 saturated carbocycles. The van der Waals surface area contributed by atoms with Crippen LogP contribution in [0.25, 0.3) is 0 Å². The van der Waals surface area contributed by atoms with E-state index in [0.29, 0.717) is 11.5 Å². The van der Waals surface area contributed by atoms with Crippen molar-refractivity contribution < 1.29 is 23.4 Å². The van der Waals surface area contributed by atoms with Gasteiger partial charge in [0.25, 0.3) is 0 Å². The summed E-state index contributed by atoms with van der Waals surface area (Å²) in [6, 6.07) is 6.04. The van der Waals surface area contributed by atoms with Crippen LogP contribution in [0.15, 0.2) is 24.3 Å². The van der Waals surface area contributed by atoms with Gasteiger partial charge in [-0.3, -0.25) is 9.36 Å². The summed E-state index contributed by atoms with van der Waals surface area (Å²) in [5.41, 5.74) is 0. The number of nitrogens with one attached hydrogen (secondary N) is 1. The lowest BCUT2D eigenvalue weighted by Crippen LogP contribution is -2.33. The van der Waals surface area contributed by atoms with Gasteiger partial charge in [0, 0.05) is 6.07 Å². The first-order valence-electron chi connectivity index (χ1n) is 6.25. The highest BCUT2D eigenvalue weighted by Crippen LogP contribution is 2.27. The third-order valence-electron chi connectivity index (χ3n) is 2.29. The van der Waals surface area contributed by atoms with E-state index in [1.165, 1.54) is 7.11 Å². The van der Waals surface area contributed by atoms with Crippen molar-refractivity contribution in [3.05, 3.63) is 24.3 Å². The number of carbonyl (C=O) groups is 1. The van der Waals surface area contributed by atoms with Crippen molar-refractivity contribution in [1.82, 2.24) is 5.09 Å². The van der Waals surface area contributed by atoms with E-state index < -0.39 is 20.2 Å². The van der Waals surface area contributed by atoms with Gasteiger partial charge in [-0.15, -0.1) is 0 Å². The average Bonchev–Trinajstić information content (AvgIpc) is 2.37. The fraction of sp³-hybridized carbons (Fsp3) is 0.462. The molecular weight excluding hydrogens is 281 g/mol. The third kappa shape index (κ3) is 5.63. The van der Waals surface area contributed by atoms with Crippen LogP contribution in [0.5, 0.6) is 11.5 Å². The molecule has 1 aromatic rings. The molecule has 0 spiro atoms. The Morgan fingerprint density at radius 2 is 1.90 bits per heavy atom. The summed E-state index contributed by atoms with van der Waals surface area (Å²) < 4.78 is 27.1. The van der Waals surface area contributed by atoms with Gasteiger partial charge in [-0.05, 0) is 32.9 Å². The van der Waals surface area contributed by atoms with Crippen LogP contribution < -0.4 is 14.3 Å². The van der Waals surface area contributed by atoms with Gasteiger partial charge in [0.2, 0.25) is 0 Å². The highest BCUT2D eigenvalue weighted by atomic mass is 31.1. The molecule has 0 radical (unpaired) electrons. The minimum absolute atomic E-state index is 0.214. The predicted octanol–water partition coefficient (Wildman–Crippen LogP) is 2.39. The van der Waals surface area contributed by atoms with E-state index in [1.54, 1.807) is 45.0 Å². The number of hydrogen-bond acceptors (Lipinski definition) is 5. The zero-order valence-corrected chi connectivity index (χ0v) is 13.0. The zero-order chi connectivity index (χ0) is 15.1. The zero-order valence-electron chi connectivity index (χ0n) is 12.0. The van der Waals surface area contributed by atoms with Crippen molar-refractivity contribution in [1.29, 1.82) is 0 Å². The lowest BCUT2D eigenvalue weighted by molar-refractivity contribution is -0.148. The quantitative estimate of drug-likeness (QED) is 0.616. The summed E-state index contributed by atoms with van der Waals surface area (Å²) in [6.07, 6.45) is -0.214. The number of benzene rings is 1. The van der Waals surface area contributed by atoms with Crippen LogP contribution in [0.1, 0.15) is 20.8 Å². The smallest absolute Gasteiger partial charge is 0.323 e. The number of carbonyl (C=O) groups excluding carboxylic acids is 1. The Balaban J connectivity index is 2.52. The molecule has 0 aliphatic carbocycles. The summed E-state index contributed by atoms with van der Waals surface area (Å²) in [5.74, 6) is 0.544. The maximum atomic E-state index is 11.8. The Labute approximate surface area is 119 Å². The Kier molecular flexibility index (Phi) is 6.55. The van der Waals surface area contributed by atoms with Crippen molar-refractivity contribution in [3.63, 3.8) is 0 Å². The average molecular weight is 301 g/mol. The highest BCUT2D eigenvalue weighted by molar-refractivity contribution is 7.37. The van der Waals surface area contributed by atoms with Crippen LogP contribution in [0, 0.1) is 0 Å². The van der Waals surface area contributed by atoms with E-state index in [-0.39, 0.29) is 6.10 Å². The number of hydrogen-bond donors (Lipinski definition) is 1. The molecule has 0 fully saturated rings. The van der Waals surface area contributed by atoms with Crippen LogP contribution >= 0.6 is 8.18 Å². The van der Waals surface area contributed by atoms with Crippen molar-refractivity contribution in [2.75, 3.05) is 7.11 Å². The molecule has 0 aliphatic heterocycles. The third-order valence-corrected chi connectivity index (χ3v) is 3.38. The van der Waals surface area contributed by atoms with E-state index in [9.17, 15) is 9.36 Å². The molecule has 0 saturated heterocycles. The van der Waals surface area contributed by atoms with Gasteiger partial charge >= 0.3 is 14.1 Å². The SMILES string of the molecule is COc1cccc(O[PH](=O)N[C@@H](C)C(=O)OC(C)C)c1. The number of rotatable bonds is 7. The monoisotopic (exact) mass is 301 g/mol. The fourth-order valence-corrected chi connectivity index (χ4v) is 2.24. The maximum absolute atomic E-state index is 11.8. The molecule has 0 bridgehead atoms. The molecule has 0 heterocycles. The number of esters is 1. The first kappa shape index (κ1) is 16.5. The van der Waals surface area contributed by atoms with E-state index in [4.69, 9.17) is 14.0 Å². The van der Waals surface area contributed by atoms with Gasteiger partial charge < -0.3 is 14.0 Å². The second kappa shape index (κ2) is 7.92. The normalized spacial score (nSPS) is 13.7. The molecule has 1 N–H and O–H groups in total. The first-order valence-corrected chi connectivity index (χ1v) is 7.57. The van der Waals surface area contributed by atoms with Crippen LogP contribution in [0.4, 0.5) is 0 Å². The summed E-state index contributed by atoms with van der Waals surface area (Å²) in [5, 5.41) is 2.58. The molecule has 6 nitrogen and oxygen atoms in total. The number of methoxy groups -OCH3 is 1. The molecular formula is C13H20NO5P. The molecule has 2 atom stereocenters. The fourth-order valence-electron chi connectivity index (χ4n) is 1.37. The minimum atomic E-state index is -2.60. The van der Waals surface area contributed by atoms with E-state index in [0.717, 1.165) is 0 Å². The molecule has 7 heteroatoms. The van der Waals surface area contributed by atoms with E-state index >= 15 is 0 Å². The first-order chi connectivity index (χ1) is 9.42. The van der Waals surface area contributed by atoms with Gasteiger partial charge in [0.05, 0.1) is 13.2 Å². The maximum Gasteiger partial charge on any atom is 0.323 e. The highest BCUT2D eigenvalue weighted by Gasteiger charge is 2.18. The standard InChI is InChI=1S/C13H20NO5P/c1-9(2)18-13(15)10(3)14-20(16)19-12-7-5-6-11(8-12)17-4/h5-10,20H,1-4H3,(H,14,16)/t10-/m0/s1. The Morgan fingerprint density at radius 1 is 1.25 bits per heavy atom. The van der Waals surface area contributed by atoms with Crippen molar-refractivity contribution >= 4 is 14.1 Å². The summed E-state index contributed by atoms with van der Waals surface area (Å²) in [4.78, 5) is 11.6. The summed E-state index contributed by atoms with van der Waals surface area (Å²) in [7, 11) is -1.07. The topological polar surface area (TPSA) is 73.9 Å². The molecule has 1 unspecified atom stereocenters. The van der Waals surface area contributed by atoms with Crippen LogP contribution in [0.3, 0.4) is 0 Å². The van der Waals surface area contributed by atoms with Gasteiger partial charge in [-0.2, -0.15) is 0 Å². The summed E-state index contributed by atoms with van der Waals surface area (Å²) >= 11 is 0. The van der Waals surface area contributed by atoms with Crippen LogP contribution in [0.2, 0.25) is 0 Å².